The molecule has 0 spiro atoms. The van der Waals surface area contributed by atoms with E-state index < -0.39 is 6.10 Å². The molecule has 0 radical (unpaired) electrons. The van der Waals surface area contributed by atoms with Crippen LogP contribution in [-0.2, 0) is 13.5 Å². The SMILES string of the molecule is COc1ccc(C(O)Cc2cn(C)nn2)cn1. The Morgan fingerprint density at radius 2 is 2.29 bits per heavy atom. The molecule has 0 amide bonds. The molecule has 0 saturated heterocycles. The third-order valence-corrected chi connectivity index (χ3v) is 2.41. The third kappa shape index (κ3) is 2.79. The number of aliphatic hydroxyl groups is 1. The van der Waals surface area contributed by atoms with Gasteiger partial charge in [-0.3, -0.25) is 4.68 Å². The Morgan fingerprint density at radius 3 is 2.82 bits per heavy atom. The first-order valence-corrected chi connectivity index (χ1v) is 5.22. The Balaban J connectivity index is 2.06. The highest BCUT2D eigenvalue weighted by Gasteiger charge is 2.11. The quantitative estimate of drug-likeness (QED) is 0.833. The fraction of sp³-hybridized carbons (Fsp3) is 0.364. The minimum atomic E-state index is -0.634. The normalized spacial score (nSPS) is 12.4. The second-order valence-corrected chi connectivity index (χ2v) is 3.74. The van der Waals surface area contributed by atoms with Crippen molar-refractivity contribution >= 4 is 0 Å². The average Bonchev–Trinajstić information content (AvgIpc) is 2.75. The van der Waals surface area contributed by atoms with Crippen LogP contribution in [0.3, 0.4) is 0 Å². The minimum absolute atomic E-state index is 0.419. The topological polar surface area (TPSA) is 73.1 Å². The molecule has 0 fully saturated rings. The summed E-state index contributed by atoms with van der Waals surface area (Å²) in [4.78, 5) is 4.04. The van der Waals surface area contributed by atoms with Crippen molar-refractivity contribution < 1.29 is 9.84 Å². The van der Waals surface area contributed by atoms with Gasteiger partial charge in [0, 0.05) is 31.9 Å². The first-order valence-electron chi connectivity index (χ1n) is 5.22. The van der Waals surface area contributed by atoms with E-state index in [0.717, 1.165) is 11.3 Å². The van der Waals surface area contributed by atoms with Crippen molar-refractivity contribution in [1.82, 2.24) is 20.0 Å². The van der Waals surface area contributed by atoms with E-state index in [-0.39, 0.29) is 0 Å². The Kier molecular flexibility index (Phi) is 3.34. The largest absolute Gasteiger partial charge is 0.481 e. The van der Waals surface area contributed by atoms with Crippen LogP contribution < -0.4 is 4.74 Å². The molecule has 0 saturated carbocycles. The van der Waals surface area contributed by atoms with Crippen molar-refractivity contribution in [3.8, 4) is 5.88 Å². The molecule has 6 nitrogen and oxygen atoms in total. The lowest BCUT2D eigenvalue weighted by Gasteiger charge is -2.08. The van der Waals surface area contributed by atoms with Gasteiger partial charge < -0.3 is 9.84 Å². The van der Waals surface area contributed by atoms with E-state index in [1.807, 2.05) is 0 Å². The van der Waals surface area contributed by atoms with E-state index in [2.05, 4.69) is 15.3 Å². The van der Waals surface area contributed by atoms with Crippen molar-refractivity contribution in [2.24, 2.45) is 7.05 Å². The second kappa shape index (κ2) is 4.92. The highest BCUT2D eigenvalue weighted by Crippen LogP contribution is 2.17. The number of methoxy groups -OCH3 is 1. The van der Waals surface area contributed by atoms with E-state index in [1.165, 1.54) is 0 Å². The molecular weight excluding hydrogens is 220 g/mol. The highest BCUT2D eigenvalue weighted by atomic mass is 16.5. The fourth-order valence-corrected chi connectivity index (χ4v) is 1.51. The van der Waals surface area contributed by atoms with Crippen LogP contribution in [0, 0.1) is 0 Å². The van der Waals surface area contributed by atoms with Gasteiger partial charge in [0.15, 0.2) is 0 Å². The molecule has 90 valence electrons. The van der Waals surface area contributed by atoms with Gasteiger partial charge in [-0.1, -0.05) is 5.21 Å². The van der Waals surface area contributed by atoms with Gasteiger partial charge in [0.2, 0.25) is 5.88 Å². The fourth-order valence-electron chi connectivity index (χ4n) is 1.51. The first-order chi connectivity index (χ1) is 8.19. The van der Waals surface area contributed by atoms with Gasteiger partial charge >= 0.3 is 0 Å². The molecule has 0 aliphatic carbocycles. The molecule has 1 N–H and O–H groups in total. The van der Waals surface area contributed by atoms with Gasteiger partial charge in [-0.15, -0.1) is 5.10 Å². The lowest BCUT2D eigenvalue weighted by molar-refractivity contribution is 0.176. The Bertz CT molecular complexity index is 480. The number of ether oxygens (including phenoxy) is 1. The Labute approximate surface area is 98.9 Å². The number of aliphatic hydroxyl groups excluding tert-OH is 1. The molecule has 0 aliphatic rings. The summed E-state index contributed by atoms with van der Waals surface area (Å²) in [5.41, 5.74) is 1.48. The lowest BCUT2D eigenvalue weighted by atomic mass is 10.1. The van der Waals surface area contributed by atoms with Crippen molar-refractivity contribution in [2.75, 3.05) is 7.11 Å². The molecule has 0 aliphatic heterocycles. The maximum Gasteiger partial charge on any atom is 0.212 e. The van der Waals surface area contributed by atoms with Gasteiger partial charge in [-0.2, -0.15) is 0 Å². The van der Waals surface area contributed by atoms with E-state index >= 15 is 0 Å². The van der Waals surface area contributed by atoms with Crippen molar-refractivity contribution in [3.05, 3.63) is 35.8 Å². The predicted molar refractivity (Wildman–Crippen MR) is 60.5 cm³/mol. The van der Waals surface area contributed by atoms with Gasteiger partial charge in [0.1, 0.15) is 0 Å². The van der Waals surface area contributed by atoms with Gasteiger partial charge in [0.25, 0.3) is 0 Å². The Hall–Kier alpha value is -1.95. The zero-order valence-corrected chi connectivity index (χ0v) is 9.74. The van der Waals surface area contributed by atoms with Crippen LogP contribution in [0.2, 0.25) is 0 Å². The van der Waals surface area contributed by atoms with E-state index in [0.29, 0.717) is 12.3 Å². The number of aromatic nitrogens is 4. The minimum Gasteiger partial charge on any atom is -0.481 e. The van der Waals surface area contributed by atoms with E-state index in [9.17, 15) is 5.11 Å². The van der Waals surface area contributed by atoms with Crippen molar-refractivity contribution in [1.29, 1.82) is 0 Å². The van der Waals surface area contributed by atoms with E-state index in [1.54, 1.807) is 43.4 Å². The van der Waals surface area contributed by atoms with Crippen LogP contribution in [0.5, 0.6) is 5.88 Å². The molecule has 17 heavy (non-hydrogen) atoms. The first kappa shape index (κ1) is 11.5. The molecule has 2 aromatic rings. The lowest BCUT2D eigenvalue weighted by Crippen LogP contribution is -2.03. The molecule has 1 atom stereocenters. The third-order valence-electron chi connectivity index (χ3n) is 2.41. The standard InChI is InChI=1S/C11H14N4O2/c1-15-7-9(13-14-15)5-10(16)8-3-4-11(17-2)12-6-8/h3-4,6-7,10,16H,5H2,1-2H3. The number of hydrogen-bond acceptors (Lipinski definition) is 5. The molecule has 1 unspecified atom stereocenters. The van der Waals surface area contributed by atoms with Crippen LogP contribution in [0.4, 0.5) is 0 Å². The van der Waals surface area contributed by atoms with Gasteiger partial charge in [-0.25, -0.2) is 4.98 Å². The predicted octanol–water partition coefficient (Wildman–Crippen LogP) is 0.495. The monoisotopic (exact) mass is 234 g/mol. The van der Waals surface area contributed by atoms with Crippen molar-refractivity contribution in [3.63, 3.8) is 0 Å². The van der Waals surface area contributed by atoms with Crippen molar-refractivity contribution in [2.45, 2.75) is 12.5 Å². The summed E-state index contributed by atoms with van der Waals surface area (Å²) >= 11 is 0. The van der Waals surface area contributed by atoms with Gasteiger partial charge in [-0.05, 0) is 11.6 Å². The smallest absolute Gasteiger partial charge is 0.212 e. The number of nitrogens with zero attached hydrogens (tertiary/aromatic N) is 4. The summed E-state index contributed by atoms with van der Waals surface area (Å²) in [7, 11) is 3.34. The van der Waals surface area contributed by atoms with E-state index in [4.69, 9.17) is 4.74 Å². The van der Waals surface area contributed by atoms with Gasteiger partial charge in [0.05, 0.1) is 18.9 Å². The molecule has 2 heterocycles. The second-order valence-electron chi connectivity index (χ2n) is 3.74. The zero-order chi connectivity index (χ0) is 12.3. The molecule has 0 bridgehead atoms. The molecule has 2 rings (SSSR count). The van der Waals surface area contributed by atoms with Crippen LogP contribution in [0.15, 0.2) is 24.5 Å². The molecule has 2 aromatic heterocycles. The number of pyridine rings is 1. The maximum absolute atomic E-state index is 9.99. The number of aryl methyl sites for hydroxylation is 1. The maximum atomic E-state index is 9.99. The van der Waals surface area contributed by atoms with Crippen LogP contribution in [0.25, 0.3) is 0 Å². The molecular formula is C11H14N4O2. The number of rotatable bonds is 4. The van der Waals surface area contributed by atoms with Crippen LogP contribution >= 0.6 is 0 Å². The van der Waals surface area contributed by atoms with Crippen LogP contribution in [-0.4, -0.2) is 32.2 Å². The summed E-state index contributed by atoms with van der Waals surface area (Å²) in [5.74, 6) is 0.528. The zero-order valence-electron chi connectivity index (χ0n) is 9.74. The molecule has 0 aromatic carbocycles. The summed E-state index contributed by atoms with van der Waals surface area (Å²) < 4.78 is 6.56. The summed E-state index contributed by atoms with van der Waals surface area (Å²) in [5, 5.41) is 17.7. The summed E-state index contributed by atoms with van der Waals surface area (Å²) in [6, 6.07) is 3.50. The highest BCUT2D eigenvalue weighted by molar-refractivity contribution is 5.20. The summed E-state index contributed by atoms with van der Waals surface area (Å²) in [6.45, 7) is 0. The summed E-state index contributed by atoms with van der Waals surface area (Å²) in [6.07, 6.45) is 3.16. The van der Waals surface area contributed by atoms with Crippen LogP contribution in [0.1, 0.15) is 17.4 Å². The molecule has 6 heteroatoms. The average molecular weight is 234 g/mol. The Morgan fingerprint density at radius 1 is 1.47 bits per heavy atom. The number of hydrogen-bond donors (Lipinski definition) is 1.